The lowest BCUT2D eigenvalue weighted by molar-refractivity contribution is 0.101. The SMILES string of the molecule is O=S(=O)(N[C@H]1CCCC[C@@H]1O)c1ccc(F)c(F)c1. The number of benzene rings is 1. The summed E-state index contributed by atoms with van der Waals surface area (Å²) in [5.41, 5.74) is 0. The topological polar surface area (TPSA) is 66.4 Å². The van der Waals surface area contributed by atoms with E-state index in [1.807, 2.05) is 0 Å². The maximum absolute atomic E-state index is 13.0. The van der Waals surface area contributed by atoms with Crippen molar-refractivity contribution in [2.45, 2.75) is 42.7 Å². The molecule has 0 spiro atoms. The molecule has 0 saturated heterocycles. The summed E-state index contributed by atoms with van der Waals surface area (Å²) in [6.45, 7) is 0. The summed E-state index contributed by atoms with van der Waals surface area (Å²) in [6, 6.07) is 1.82. The van der Waals surface area contributed by atoms with E-state index >= 15 is 0 Å². The van der Waals surface area contributed by atoms with Crippen LogP contribution in [0.2, 0.25) is 0 Å². The van der Waals surface area contributed by atoms with Gasteiger partial charge in [-0.05, 0) is 31.0 Å². The van der Waals surface area contributed by atoms with E-state index in [9.17, 15) is 22.3 Å². The number of rotatable bonds is 3. The van der Waals surface area contributed by atoms with Gasteiger partial charge >= 0.3 is 0 Å². The maximum atomic E-state index is 13.0. The molecule has 0 aromatic heterocycles. The minimum Gasteiger partial charge on any atom is -0.391 e. The molecule has 0 bridgehead atoms. The summed E-state index contributed by atoms with van der Waals surface area (Å²) in [4.78, 5) is -0.343. The van der Waals surface area contributed by atoms with Crippen LogP contribution in [0.5, 0.6) is 0 Å². The molecule has 1 aromatic carbocycles. The highest BCUT2D eigenvalue weighted by Gasteiger charge is 2.28. The molecule has 4 nitrogen and oxygen atoms in total. The first-order valence-corrected chi connectivity index (χ1v) is 7.54. The van der Waals surface area contributed by atoms with Gasteiger partial charge in [0.2, 0.25) is 10.0 Å². The molecule has 0 unspecified atom stereocenters. The summed E-state index contributed by atoms with van der Waals surface area (Å²) in [5, 5.41) is 9.72. The van der Waals surface area contributed by atoms with Crippen LogP contribution in [0.3, 0.4) is 0 Å². The third-order valence-electron chi connectivity index (χ3n) is 3.24. The first kappa shape index (κ1) is 14.4. The number of sulfonamides is 1. The van der Waals surface area contributed by atoms with E-state index in [0.717, 1.165) is 25.0 Å². The minimum atomic E-state index is -3.95. The van der Waals surface area contributed by atoms with E-state index < -0.39 is 33.8 Å². The first-order chi connectivity index (χ1) is 8.90. The molecule has 0 aliphatic heterocycles. The molecule has 1 fully saturated rings. The molecule has 0 heterocycles. The molecule has 19 heavy (non-hydrogen) atoms. The van der Waals surface area contributed by atoms with Gasteiger partial charge in [0.05, 0.1) is 11.0 Å². The molecular weight excluding hydrogens is 276 g/mol. The number of nitrogens with one attached hydrogen (secondary N) is 1. The lowest BCUT2D eigenvalue weighted by Crippen LogP contribution is -2.44. The van der Waals surface area contributed by atoms with Gasteiger partial charge in [-0.25, -0.2) is 21.9 Å². The summed E-state index contributed by atoms with van der Waals surface area (Å²) >= 11 is 0. The molecule has 1 aliphatic rings. The molecule has 106 valence electrons. The Bertz CT molecular complexity index is 562. The predicted molar refractivity (Wildman–Crippen MR) is 64.9 cm³/mol. The van der Waals surface area contributed by atoms with Gasteiger partial charge in [-0.1, -0.05) is 12.8 Å². The maximum Gasteiger partial charge on any atom is 0.241 e. The average Bonchev–Trinajstić information content (AvgIpc) is 2.35. The molecule has 0 amide bonds. The van der Waals surface area contributed by atoms with Crippen LogP contribution in [0.1, 0.15) is 25.7 Å². The van der Waals surface area contributed by atoms with E-state index in [4.69, 9.17) is 0 Å². The second-order valence-corrected chi connectivity index (χ2v) is 6.37. The van der Waals surface area contributed by atoms with Gasteiger partial charge in [0.1, 0.15) is 0 Å². The molecule has 2 rings (SSSR count). The highest BCUT2D eigenvalue weighted by atomic mass is 32.2. The molecule has 1 saturated carbocycles. The normalized spacial score (nSPS) is 24.4. The van der Waals surface area contributed by atoms with Crippen LogP contribution in [-0.2, 0) is 10.0 Å². The van der Waals surface area contributed by atoms with Crippen molar-refractivity contribution < 1.29 is 22.3 Å². The van der Waals surface area contributed by atoms with Crippen molar-refractivity contribution in [3.05, 3.63) is 29.8 Å². The van der Waals surface area contributed by atoms with Crippen LogP contribution in [0.15, 0.2) is 23.1 Å². The fraction of sp³-hybridized carbons (Fsp3) is 0.500. The van der Waals surface area contributed by atoms with Gasteiger partial charge in [0.25, 0.3) is 0 Å². The second-order valence-electron chi connectivity index (χ2n) is 4.66. The van der Waals surface area contributed by atoms with Crippen LogP contribution >= 0.6 is 0 Å². The Hall–Kier alpha value is -1.05. The Kier molecular flexibility index (Phi) is 4.17. The summed E-state index contributed by atoms with van der Waals surface area (Å²) < 4.78 is 52.2. The molecule has 7 heteroatoms. The summed E-state index contributed by atoms with van der Waals surface area (Å²) in [7, 11) is -3.95. The van der Waals surface area contributed by atoms with Crippen molar-refractivity contribution in [3.63, 3.8) is 0 Å². The standard InChI is InChI=1S/C12H15F2NO3S/c13-9-6-5-8(7-10(9)14)19(17,18)15-11-3-1-2-4-12(11)16/h5-7,11-12,15-16H,1-4H2/t11-,12-/m0/s1. The highest BCUT2D eigenvalue weighted by Crippen LogP contribution is 2.21. The van der Waals surface area contributed by atoms with Crippen molar-refractivity contribution in [3.8, 4) is 0 Å². The molecular formula is C12H15F2NO3S. The van der Waals surface area contributed by atoms with Crippen LogP contribution in [0.4, 0.5) is 8.78 Å². The van der Waals surface area contributed by atoms with Crippen LogP contribution in [-0.4, -0.2) is 25.7 Å². The van der Waals surface area contributed by atoms with E-state index in [2.05, 4.69) is 4.72 Å². The fourth-order valence-electron chi connectivity index (χ4n) is 2.16. The van der Waals surface area contributed by atoms with Crippen LogP contribution < -0.4 is 4.72 Å². The Morgan fingerprint density at radius 1 is 1.16 bits per heavy atom. The average molecular weight is 291 g/mol. The monoisotopic (exact) mass is 291 g/mol. The highest BCUT2D eigenvalue weighted by molar-refractivity contribution is 7.89. The van der Waals surface area contributed by atoms with Gasteiger partial charge in [0.15, 0.2) is 11.6 Å². The number of aliphatic hydroxyl groups excluding tert-OH is 1. The minimum absolute atomic E-state index is 0.343. The molecule has 0 radical (unpaired) electrons. The second kappa shape index (κ2) is 5.52. The predicted octanol–water partition coefficient (Wildman–Crippen LogP) is 1.55. The van der Waals surface area contributed by atoms with Gasteiger partial charge in [-0.2, -0.15) is 0 Å². The van der Waals surface area contributed by atoms with Crippen molar-refractivity contribution in [1.82, 2.24) is 4.72 Å². The van der Waals surface area contributed by atoms with Gasteiger partial charge in [-0.3, -0.25) is 0 Å². The zero-order valence-electron chi connectivity index (χ0n) is 10.1. The third kappa shape index (κ3) is 3.29. The smallest absolute Gasteiger partial charge is 0.241 e. The molecule has 1 aromatic rings. The fourth-order valence-corrected chi connectivity index (χ4v) is 3.48. The van der Waals surface area contributed by atoms with Gasteiger partial charge in [0, 0.05) is 6.04 Å². The lowest BCUT2D eigenvalue weighted by atomic mass is 9.93. The third-order valence-corrected chi connectivity index (χ3v) is 4.72. The van der Waals surface area contributed by atoms with Crippen molar-refractivity contribution in [2.75, 3.05) is 0 Å². The van der Waals surface area contributed by atoms with E-state index in [0.29, 0.717) is 18.9 Å². The van der Waals surface area contributed by atoms with Crippen LogP contribution in [0.25, 0.3) is 0 Å². The quantitative estimate of drug-likeness (QED) is 0.888. The zero-order valence-corrected chi connectivity index (χ0v) is 11.0. The van der Waals surface area contributed by atoms with Crippen molar-refractivity contribution in [2.24, 2.45) is 0 Å². The lowest BCUT2D eigenvalue weighted by Gasteiger charge is -2.28. The molecule has 2 atom stereocenters. The number of halogens is 2. The Morgan fingerprint density at radius 3 is 2.47 bits per heavy atom. The number of hydrogen-bond acceptors (Lipinski definition) is 3. The number of aliphatic hydroxyl groups is 1. The van der Waals surface area contributed by atoms with Crippen LogP contribution in [0, 0.1) is 11.6 Å². The molecule has 2 N–H and O–H groups in total. The summed E-state index contributed by atoms with van der Waals surface area (Å²) in [5.74, 6) is -2.32. The first-order valence-electron chi connectivity index (χ1n) is 6.05. The summed E-state index contributed by atoms with van der Waals surface area (Å²) in [6.07, 6.45) is 2.00. The van der Waals surface area contributed by atoms with Gasteiger partial charge < -0.3 is 5.11 Å². The zero-order chi connectivity index (χ0) is 14.0. The van der Waals surface area contributed by atoms with E-state index in [-0.39, 0.29) is 4.90 Å². The Morgan fingerprint density at radius 2 is 1.84 bits per heavy atom. The van der Waals surface area contributed by atoms with Crippen molar-refractivity contribution >= 4 is 10.0 Å². The molecule has 1 aliphatic carbocycles. The Balaban J connectivity index is 2.19. The van der Waals surface area contributed by atoms with Crippen molar-refractivity contribution in [1.29, 1.82) is 0 Å². The van der Waals surface area contributed by atoms with Gasteiger partial charge in [-0.15, -0.1) is 0 Å². The largest absolute Gasteiger partial charge is 0.391 e. The Labute approximate surface area is 110 Å². The van der Waals surface area contributed by atoms with E-state index in [1.165, 1.54) is 0 Å². The van der Waals surface area contributed by atoms with E-state index in [1.54, 1.807) is 0 Å². The number of hydrogen-bond donors (Lipinski definition) is 2.